The fourth-order valence-electron chi connectivity index (χ4n) is 2.32. The van der Waals surface area contributed by atoms with Crippen LogP contribution < -0.4 is 4.74 Å². The first kappa shape index (κ1) is 21.1. The number of benzene rings is 2. The van der Waals surface area contributed by atoms with Crippen molar-refractivity contribution >= 4 is 23.3 Å². The Morgan fingerprint density at radius 3 is 2.30 bits per heavy atom. The zero-order chi connectivity index (χ0) is 20.2. The number of thioether (sulfide) groups is 1. The lowest BCUT2D eigenvalue weighted by Crippen LogP contribution is -2.22. The Balaban J connectivity index is 2.43. The van der Waals surface area contributed by atoms with Gasteiger partial charge in [0, 0.05) is 24.6 Å². The van der Waals surface area contributed by atoms with E-state index in [4.69, 9.17) is 4.74 Å². The molecular weight excluding hydrogens is 380 g/mol. The highest BCUT2D eigenvalue weighted by molar-refractivity contribution is 7.99. The van der Waals surface area contributed by atoms with E-state index in [0.717, 1.165) is 5.56 Å². The highest BCUT2D eigenvalue weighted by atomic mass is 32.2. The zero-order valence-corrected chi connectivity index (χ0v) is 16.2. The molecule has 0 saturated carbocycles. The van der Waals surface area contributed by atoms with Crippen LogP contribution in [0.5, 0.6) is 5.75 Å². The van der Waals surface area contributed by atoms with Crippen LogP contribution in [-0.2, 0) is 0 Å². The molecule has 0 aromatic heterocycles. The van der Waals surface area contributed by atoms with Crippen molar-refractivity contribution in [3.8, 4) is 5.75 Å². The third-order valence-electron chi connectivity index (χ3n) is 3.63. The molecule has 0 amide bonds. The summed E-state index contributed by atoms with van der Waals surface area (Å²) in [5.74, 6) is -0.477. The third kappa shape index (κ3) is 5.89. The molecule has 27 heavy (non-hydrogen) atoms. The van der Waals surface area contributed by atoms with Gasteiger partial charge >= 0.3 is 6.18 Å². The van der Waals surface area contributed by atoms with E-state index in [2.05, 4.69) is 4.99 Å². The summed E-state index contributed by atoms with van der Waals surface area (Å²) in [5.41, 5.74) is 1.16. The zero-order valence-electron chi connectivity index (χ0n) is 15.4. The molecule has 0 bridgehead atoms. The van der Waals surface area contributed by atoms with Gasteiger partial charge in [-0.05, 0) is 48.9 Å². The van der Waals surface area contributed by atoms with Crippen molar-refractivity contribution in [3.05, 3.63) is 53.3 Å². The monoisotopic (exact) mass is 400 g/mol. The van der Waals surface area contributed by atoms with Gasteiger partial charge in [0.05, 0.1) is 12.9 Å². The highest BCUT2D eigenvalue weighted by Crippen LogP contribution is 2.33. The van der Waals surface area contributed by atoms with Crippen molar-refractivity contribution in [2.45, 2.75) is 18.0 Å². The van der Waals surface area contributed by atoms with Gasteiger partial charge in [-0.25, -0.2) is 9.38 Å². The third-order valence-corrected chi connectivity index (χ3v) is 4.86. The Bertz CT molecular complexity index is 818. The summed E-state index contributed by atoms with van der Waals surface area (Å²) in [6, 6.07) is 9.63. The maximum absolute atomic E-state index is 14.4. The Labute approximate surface area is 160 Å². The van der Waals surface area contributed by atoms with Crippen LogP contribution in [0.4, 0.5) is 23.2 Å². The number of aliphatic imine (C=N–C) groups is 1. The maximum atomic E-state index is 14.4. The van der Waals surface area contributed by atoms with E-state index in [1.54, 1.807) is 57.3 Å². The van der Waals surface area contributed by atoms with E-state index in [9.17, 15) is 17.6 Å². The molecule has 146 valence electrons. The lowest BCUT2D eigenvalue weighted by molar-refractivity contribution is -0.105. The number of nitrogens with zero attached hydrogens (tertiary/aromatic N) is 2. The largest absolute Gasteiger partial charge is 0.497 e. The first-order valence-electron chi connectivity index (χ1n) is 8.01. The number of methoxy groups -OCH3 is 1. The molecule has 0 aliphatic heterocycles. The molecule has 0 fully saturated rings. The van der Waals surface area contributed by atoms with Gasteiger partial charge in [0.1, 0.15) is 23.1 Å². The van der Waals surface area contributed by atoms with Crippen molar-refractivity contribution in [2.75, 3.05) is 27.0 Å². The van der Waals surface area contributed by atoms with Gasteiger partial charge < -0.3 is 9.64 Å². The van der Waals surface area contributed by atoms with E-state index >= 15 is 0 Å². The molecule has 2 rings (SSSR count). The van der Waals surface area contributed by atoms with Crippen LogP contribution in [0.3, 0.4) is 0 Å². The summed E-state index contributed by atoms with van der Waals surface area (Å²) < 4.78 is 57.0. The predicted molar refractivity (Wildman–Crippen MR) is 101 cm³/mol. The minimum absolute atomic E-state index is 0.00945. The smallest absolute Gasteiger partial charge is 0.398 e. The molecule has 0 unspecified atom stereocenters. The highest BCUT2D eigenvalue weighted by Gasteiger charge is 2.27. The summed E-state index contributed by atoms with van der Waals surface area (Å²) in [6.45, 7) is 1.58. The van der Waals surface area contributed by atoms with Crippen LogP contribution in [0, 0.1) is 12.7 Å². The minimum Gasteiger partial charge on any atom is -0.497 e. The van der Waals surface area contributed by atoms with Crippen LogP contribution >= 0.6 is 11.8 Å². The topological polar surface area (TPSA) is 24.8 Å². The quantitative estimate of drug-likeness (QED) is 0.289. The Hall–Kier alpha value is -2.22. The van der Waals surface area contributed by atoms with Gasteiger partial charge in [0.25, 0.3) is 0 Å². The molecule has 8 heteroatoms. The van der Waals surface area contributed by atoms with Crippen molar-refractivity contribution < 1.29 is 22.3 Å². The van der Waals surface area contributed by atoms with Crippen molar-refractivity contribution in [2.24, 2.45) is 4.99 Å². The fourth-order valence-corrected chi connectivity index (χ4v) is 3.12. The first-order valence-corrected chi connectivity index (χ1v) is 8.99. The number of aryl methyl sites for hydroxylation is 1. The maximum Gasteiger partial charge on any atom is 0.398 e. The fraction of sp³-hybridized carbons (Fsp3) is 0.316. The summed E-state index contributed by atoms with van der Waals surface area (Å²) in [7, 11) is 5.07. The Kier molecular flexibility index (Phi) is 6.75. The molecule has 0 aliphatic carbocycles. The Morgan fingerprint density at radius 2 is 1.78 bits per heavy atom. The van der Waals surface area contributed by atoms with E-state index in [1.165, 1.54) is 12.1 Å². The number of rotatable bonds is 5. The average molecular weight is 400 g/mol. The standard InChI is InChI=1S/C19H20F4N2OS/c1-12-9-15(20)16(10-17(12)27-11-19(21,22)23)24-18(25(2)3)13-5-7-14(26-4)8-6-13/h5-10H,11H2,1-4H3. The SMILES string of the molecule is COc1ccc(C(=Nc2cc(SCC(F)(F)F)c(C)cc2F)N(C)C)cc1. The van der Waals surface area contributed by atoms with Crippen LogP contribution in [0.2, 0.25) is 0 Å². The van der Waals surface area contributed by atoms with Crippen molar-refractivity contribution in [1.29, 1.82) is 0 Å². The van der Waals surface area contributed by atoms with Gasteiger partial charge in [0.15, 0.2) is 0 Å². The van der Waals surface area contributed by atoms with Crippen LogP contribution in [-0.4, -0.2) is 43.9 Å². The van der Waals surface area contributed by atoms with Crippen molar-refractivity contribution in [1.82, 2.24) is 4.90 Å². The molecule has 0 saturated heterocycles. The summed E-state index contributed by atoms with van der Waals surface area (Å²) in [4.78, 5) is 6.42. The molecule has 2 aromatic carbocycles. The normalized spacial score (nSPS) is 12.2. The Morgan fingerprint density at radius 1 is 1.15 bits per heavy atom. The van der Waals surface area contributed by atoms with Gasteiger partial charge in [-0.15, -0.1) is 11.8 Å². The predicted octanol–water partition coefficient (Wildman–Crippen LogP) is 5.44. The molecular formula is C19H20F4N2OS. The van der Waals surface area contributed by atoms with Crippen LogP contribution in [0.15, 0.2) is 46.3 Å². The lowest BCUT2D eigenvalue weighted by atomic mass is 10.1. The van der Waals surface area contributed by atoms with Crippen LogP contribution in [0.25, 0.3) is 0 Å². The van der Waals surface area contributed by atoms with Crippen LogP contribution in [0.1, 0.15) is 11.1 Å². The minimum atomic E-state index is -4.30. The first-order chi connectivity index (χ1) is 12.6. The van der Waals surface area contributed by atoms with Crippen molar-refractivity contribution in [3.63, 3.8) is 0 Å². The van der Waals surface area contributed by atoms with E-state index in [-0.39, 0.29) is 5.69 Å². The second-order valence-corrected chi connectivity index (χ2v) is 7.05. The average Bonchev–Trinajstić information content (AvgIpc) is 2.59. The molecule has 3 nitrogen and oxygen atoms in total. The molecule has 0 heterocycles. The molecule has 0 atom stereocenters. The lowest BCUT2D eigenvalue weighted by Gasteiger charge is -2.17. The van der Waals surface area contributed by atoms with E-state index in [1.807, 2.05) is 0 Å². The second kappa shape index (κ2) is 8.65. The summed E-state index contributed by atoms with van der Waals surface area (Å²) >= 11 is 0.622. The number of ether oxygens (including phenoxy) is 1. The number of alkyl halides is 3. The van der Waals surface area contributed by atoms with E-state index in [0.29, 0.717) is 33.8 Å². The number of halogens is 4. The molecule has 0 aliphatic rings. The molecule has 0 spiro atoms. The van der Waals surface area contributed by atoms with Gasteiger partial charge in [-0.2, -0.15) is 13.2 Å². The molecule has 2 aromatic rings. The van der Waals surface area contributed by atoms with Gasteiger partial charge in [-0.1, -0.05) is 0 Å². The molecule has 0 N–H and O–H groups in total. The van der Waals surface area contributed by atoms with Gasteiger partial charge in [0.2, 0.25) is 0 Å². The van der Waals surface area contributed by atoms with E-state index < -0.39 is 17.7 Å². The summed E-state index contributed by atoms with van der Waals surface area (Å²) in [6.07, 6.45) is -4.30. The van der Waals surface area contributed by atoms with Gasteiger partial charge in [-0.3, -0.25) is 0 Å². The second-order valence-electron chi connectivity index (χ2n) is 6.03. The number of hydrogen-bond donors (Lipinski definition) is 0. The summed E-state index contributed by atoms with van der Waals surface area (Å²) in [5, 5.41) is 0. The number of amidine groups is 1. The number of hydrogen-bond acceptors (Lipinski definition) is 3. The molecule has 0 radical (unpaired) electrons.